The highest BCUT2D eigenvalue weighted by Gasteiger charge is 2.33. The van der Waals surface area contributed by atoms with Gasteiger partial charge in [0, 0.05) is 25.0 Å². The van der Waals surface area contributed by atoms with E-state index in [0.29, 0.717) is 13.1 Å². The molecule has 0 aliphatic carbocycles. The summed E-state index contributed by atoms with van der Waals surface area (Å²) < 4.78 is 51.6. The molecule has 0 fully saturated rings. The summed E-state index contributed by atoms with van der Waals surface area (Å²) in [6, 6.07) is 8.46. The molecule has 23 heavy (non-hydrogen) atoms. The molecule has 3 rings (SSSR count). The first kappa shape index (κ1) is 16.2. The lowest BCUT2D eigenvalue weighted by atomic mass is 10.2. The maximum atomic E-state index is 12.8. The zero-order valence-electron chi connectivity index (χ0n) is 12.5. The summed E-state index contributed by atoms with van der Waals surface area (Å²) in [6.07, 6.45) is 1.93. The zero-order valence-corrected chi connectivity index (χ0v) is 14.1. The van der Waals surface area contributed by atoms with Crippen molar-refractivity contribution in [2.75, 3.05) is 6.54 Å². The maximum absolute atomic E-state index is 12.8. The first-order valence-corrected chi connectivity index (χ1v) is 9.99. The minimum Gasteiger partial charge on any atom is -0.349 e. The molecular weight excluding hydrogens is 338 g/mol. The molecule has 2 aromatic rings. The molecule has 0 amide bonds. The largest absolute Gasteiger partial charge is 0.349 e. The second-order valence-electron chi connectivity index (χ2n) is 5.43. The van der Waals surface area contributed by atoms with E-state index in [-0.39, 0.29) is 15.8 Å². The number of hydrogen-bond acceptors (Lipinski definition) is 4. The Balaban J connectivity index is 1.96. The smallest absolute Gasteiger partial charge is 0.243 e. The van der Waals surface area contributed by atoms with Gasteiger partial charge >= 0.3 is 0 Å². The number of primary sulfonamides is 1. The Morgan fingerprint density at radius 2 is 1.61 bits per heavy atom. The fourth-order valence-electron chi connectivity index (χ4n) is 2.82. The minimum atomic E-state index is -3.84. The van der Waals surface area contributed by atoms with Crippen LogP contribution in [-0.4, -0.2) is 32.3 Å². The average molecular weight is 355 g/mol. The first-order valence-electron chi connectivity index (χ1n) is 7.01. The van der Waals surface area contributed by atoms with Crippen LogP contribution in [0.25, 0.3) is 0 Å². The van der Waals surface area contributed by atoms with Crippen molar-refractivity contribution < 1.29 is 16.8 Å². The second kappa shape index (κ2) is 5.45. The third-order valence-electron chi connectivity index (χ3n) is 4.04. The highest BCUT2D eigenvalue weighted by Crippen LogP contribution is 2.31. The molecule has 1 aromatic heterocycles. The molecule has 0 radical (unpaired) electrons. The summed E-state index contributed by atoms with van der Waals surface area (Å²) in [6.45, 7) is 2.78. The van der Waals surface area contributed by atoms with Crippen LogP contribution >= 0.6 is 0 Å². The van der Waals surface area contributed by atoms with Crippen LogP contribution in [0.1, 0.15) is 18.7 Å². The van der Waals surface area contributed by atoms with Gasteiger partial charge in [0.2, 0.25) is 20.0 Å². The molecule has 9 heteroatoms. The number of benzene rings is 1. The predicted molar refractivity (Wildman–Crippen MR) is 84.6 cm³/mol. The van der Waals surface area contributed by atoms with Crippen LogP contribution in [0, 0.1) is 0 Å². The quantitative estimate of drug-likeness (QED) is 0.883. The minimum absolute atomic E-state index is 0.0526. The van der Waals surface area contributed by atoms with E-state index < -0.39 is 20.0 Å². The van der Waals surface area contributed by atoms with Crippen LogP contribution in [0.3, 0.4) is 0 Å². The molecule has 0 bridgehead atoms. The molecule has 1 aromatic carbocycles. The van der Waals surface area contributed by atoms with Crippen LogP contribution in [0.4, 0.5) is 0 Å². The van der Waals surface area contributed by atoms with Crippen LogP contribution < -0.4 is 5.14 Å². The molecule has 1 aliphatic heterocycles. The van der Waals surface area contributed by atoms with Gasteiger partial charge in [0.1, 0.15) is 0 Å². The van der Waals surface area contributed by atoms with Gasteiger partial charge in [-0.25, -0.2) is 22.0 Å². The number of rotatable bonds is 3. The Hall–Kier alpha value is -1.68. The normalized spacial score (nSPS) is 19.5. The lowest BCUT2D eigenvalue weighted by Crippen LogP contribution is -2.40. The number of sulfonamides is 2. The monoisotopic (exact) mass is 355 g/mol. The molecule has 0 saturated heterocycles. The van der Waals surface area contributed by atoms with E-state index in [1.165, 1.54) is 28.6 Å². The molecule has 1 atom stereocenters. The maximum Gasteiger partial charge on any atom is 0.243 e. The van der Waals surface area contributed by atoms with Crippen molar-refractivity contribution in [1.82, 2.24) is 8.87 Å². The van der Waals surface area contributed by atoms with E-state index in [0.717, 1.165) is 5.69 Å². The van der Waals surface area contributed by atoms with E-state index in [1.54, 1.807) is 0 Å². The molecule has 2 heterocycles. The van der Waals surface area contributed by atoms with Crippen LogP contribution in [0.2, 0.25) is 0 Å². The van der Waals surface area contributed by atoms with Gasteiger partial charge in [0.25, 0.3) is 0 Å². The van der Waals surface area contributed by atoms with Crippen molar-refractivity contribution in [1.29, 1.82) is 0 Å². The van der Waals surface area contributed by atoms with Crippen molar-refractivity contribution >= 4 is 20.0 Å². The van der Waals surface area contributed by atoms with Gasteiger partial charge < -0.3 is 4.57 Å². The SMILES string of the molecule is C[C@H]1c2cccn2CCN1S(=O)(=O)c1ccc(S(N)(=O)=O)cc1. The van der Waals surface area contributed by atoms with Gasteiger partial charge in [0.15, 0.2) is 0 Å². The summed E-state index contributed by atoms with van der Waals surface area (Å²) in [5.41, 5.74) is 0.931. The van der Waals surface area contributed by atoms with Crippen LogP contribution in [-0.2, 0) is 26.6 Å². The highest BCUT2D eigenvalue weighted by molar-refractivity contribution is 7.89. The van der Waals surface area contributed by atoms with E-state index in [4.69, 9.17) is 5.14 Å². The Morgan fingerprint density at radius 1 is 1.00 bits per heavy atom. The fourth-order valence-corrected chi connectivity index (χ4v) is 4.94. The summed E-state index contributed by atoms with van der Waals surface area (Å²) in [7, 11) is -7.55. The van der Waals surface area contributed by atoms with Crippen LogP contribution in [0.5, 0.6) is 0 Å². The Bertz CT molecular complexity index is 931. The summed E-state index contributed by atoms with van der Waals surface area (Å²) >= 11 is 0. The fraction of sp³-hybridized carbons (Fsp3) is 0.286. The predicted octanol–water partition coefficient (Wildman–Crippen LogP) is 0.901. The lowest BCUT2D eigenvalue weighted by Gasteiger charge is -2.33. The van der Waals surface area contributed by atoms with Crippen molar-refractivity contribution in [3.63, 3.8) is 0 Å². The number of aromatic nitrogens is 1. The third-order valence-corrected chi connectivity index (χ3v) is 6.96. The van der Waals surface area contributed by atoms with Crippen molar-refractivity contribution in [2.24, 2.45) is 5.14 Å². The van der Waals surface area contributed by atoms with Gasteiger partial charge in [-0.05, 0) is 43.3 Å². The molecule has 7 nitrogen and oxygen atoms in total. The average Bonchev–Trinajstić information content (AvgIpc) is 2.96. The standard InChI is InChI=1S/C14H17N3O4S2/c1-11-14-3-2-8-16(14)9-10-17(11)23(20,21)13-6-4-12(5-7-13)22(15,18)19/h2-8,11H,9-10H2,1H3,(H2,15,18,19)/t11-/m0/s1. The number of hydrogen-bond donors (Lipinski definition) is 1. The van der Waals surface area contributed by atoms with Gasteiger partial charge in [-0.15, -0.1) is 0 Å². The first-order chi connectivity index (χ1) is 10.7. The molecule has 0 saturated carbocycles. The summed E-state index contributed by atoms with van der Waals surface area (Å²) in [5, 5.41) is 5.03. The van der Waals surface area contributed by atoms with Gasteiger partial charge in [-0.1, -0.05) is 0 Å². The number of nitrogens with two attached hydrogens (primary N) is 1. The Labute approximate surface area is 135 Å². The number of fused-ring (bicyclic) bond motifs is 1. The molecule has 0 unspecified atom stereocenters. The number of nitrogens with zero attached hydrogens (tertiary/aromatic N) is 2. The zero-order chi connectivity index (χ0) is 16.8. The van der Waals surface area contributed by atoms with Gasteiger partial charge in [-0.2, -0.15) is 4.31 Å². The van der Waals surface area contributed by atoms with Gasteiger partial charge in [-0.3, -0.25) is 0 Å². The molecule has 1 aliphatic rings. The van der Waals surface area contributed by atoms with E-state index >= 15 is 0 Å². The van der Waals surface area contributed by atoms with Crippen molar-refractivity contribution in [2.45, 2.75) is 29.3 Å². The second-order valence-corrected chi connectivity index (χ2v) is 8.89. The topological polar surface area (TPSA) is 102 Å². The van der Waals surface area contributed by atoms with Crippen molar-refractivity contribution in [3.05, 3.63) is 48.3 Å². The summed E-state index contributed by atoms with van der Waals surface area (Å²) in [5.74, 6) is 0. The lowest BCUT2D eigenvalue weighted by molar-refractivity contribution is 0.282. The molecule has 2 N–H and O–H groups in total. The van der Waals surface area contributed by atoms with E-state index in [2.05, 4.69) is 0 Å². The Kier molecular flexibility index (Phi) is 3.83. The summed E-state index contributed by atoms with van der Waals surface area (Å²) in [4.78, 5) is -0.0613. The van der Waals surface area contributed by atoms with Gasteiger partial charge in [0.05, 0.1) is 15.8 Å². The van der Waals surface area contributed by atoms with Crippen LogP contribution in [0.15, 0.2) is 52.4 Å². The van der Waals surface area contributed by atoms with E-state index in [9.17, 15) is 16.8 Å². The molecule has 0 spiro atoms. The molecule has 124 valence electrons. The van der Waals surface area contributed by atoms with E-state index in [1.807, 2.05) is 29.8 Å². The highest BCUT2D eigenvalue weighted by atomic mass is 32.2. The Morgan fingerprint density at radius 3 is 2.22 bits per heavy atom. The third kappa shape index (κ3) is 2.80. The van der Waals surface area contributed by atoms with Crippen molar-refractivity contribution in [3.8, 4) is 0 Å². The molecular formula is C14H17N3O4S2.